The lowest BCUT2D eigenvalue weighted by molar-refractivity contribution is 0.168. The number of rotatable bonds is 24. The summed E-state index contributed by atoms with van der Waals surface area (Å²) in [6.07, 6.45) is 26.1. The van der Waals surface area contributed by atoms with Crippen LogP contribution in [0.15, 0.2) is 0 Å². The first-order valence-corrected chi connectivity index (χ1v) is 16.0. The molecule has 0 amide bonds. The van der Waals surface area contributed by atoms with E-state index in [4.69, 9.17) is 8.85 Å². The molecular weight excluding hydrogens is 372 g/mol. The van der Waals surface area contributed by atoms with Gasteiger partial charge in [-0.15, -0.1) is 0 Å². The topological polar surface area (TPSA) is 18.5 Å². The van der Waals surface area contributed by atoms with E-state index < -0.39 is 8.56 Å². The van der Waals surface area contributed by atoms with Crippen molar-refractivity contribution < 1.29 is 8.85 Å². The van der Waals surface area contributed by atoms with Crippen molar-refractivity contribution in [3.8, 4) is 0 Å². The van der Waals surface area contributed by atoms with E-state index in [0.29, 0.717) is 0 Å². The van der Waals surface area contributed by atoms with Crippen LogP contribution in [0, 0.1) is 0 Å². The number of hydrogen-bond donors (Lipinski definition) is 0. The Bertz CT molecular complexity index is 299. The summed E-state index contributed by atoms with van der Waals surface area (Å²) in [5.74, 6) is 0. The Balaban J connectivity index is 3.54. The lowest BCUT2D eigenvalue weighted by Crippen LogP contribution is -2.39. The van der Waals surface area contributed by atoms with Gasteiger partial charge in [-0.25, -0.2) is 0 Å². The third-order valence-corrected chi connectivity index (χ3v) is 8.94. The van der Waals surface area contributed by atoms with Crippen molar-refractivity contribution in [1.82, 2.24) is 0 Å². The number of unbranched alkanes of at least 4 members (excludes halogenated alkanes) is 16. The molecule has 0 aliphatic heterocycles. The van der Waals surface area contributed by atoms with Gasteiger partial charge >= 0.3 is 8.56 Å². The first-order valence-electron chi connectivity index (χ1n) is 13.5. The van der Waals surface area contributed by atoms with E-state index in [1.54, 1.807) is 0 Å². The Morgan fingerprint density at radius 1 is 0.414 bits per heavy atom. The Kier molecular flexibility index (Phi) is 22.9. The van der Waals surface area contributed by atoms with Crippen LogP contribution < -0.4 is 0 Å². The summed E-state index contributed by atoms with van der Waals surface area (Å²) in [6.45, 7) is 10.8. The van der Waals surface area contributed by atoms with Crippen molar-refractivity contribution in [3.63, 3.8) is 0 Å². The van der Waals surface area contributed by atoms with Gasteiger partial charge in [0.1, 0.15) is 0 Å². The van der Waals surface area contributed by atoms with Gasteiger partial charge in [0.25, 0.3) is 0 Å². The molecule has 0 aliphatic carbocycles. The SMILES string of the molecule is CCCCCCCCCCCCCCCCC[Si](C)(OCCCC)OCCCC. The van der Waals surface area contributed by atoms with Gasteiger partial charge in [0.15, 0.2) is 0 Å². The van der Waals surface area contributed by atoms with Crippen LogP contribution >= 0.6 is 0 Å². The smallest absolute Gasteiger partial charge is 0.334 e. The molecule has 0 aromatic carbocycles. The zero-order valence-corrected chi connectivity index (χ0v) is 21.9. The van der Waals surface area contributed by atoms with Crippen molar-refractivity contribution in [1.29, 1.82) is 0 Å². The maximum Gasteiger partial charge on any atom is 0.334 e. The highest BCUT2D eigenvalue weighted by molar-refractivity contribution is 6.66. The summed E-state index contributed by atoms with van der Waals surface area (Å²) in [6, 6.07) is 1.18. The van der Waals surface area contributed by atoms with E-state index in [-0.39, 0.29) is 0 Å². The van der Waals surface area contributed by atoms with Crippen LogP contribution in [0.25, 0.3) is 0 Å². The molecule has 29 heavy (non-hydrogen) atoms. The molecule has 3 heteroatoms. The predicted octanol–water partition coefficient (Wildman–Crippen LogP) is 9.56. The van der Waals surface area contributed by atoms with E-state index >= 15 is 0 Å². The summed E-state index contributed by atoms with van der Waals surface area (Å²) >= 11 is 0. The van der Waals surface area contributed by atoms with Gasteiger partial charge in [0.2, 0.25) is 0 Å². The molecule has 0 aliphatic rings. The minimum Gasteiger partial charge on any atom is -0.394 e. The van der Waals surface area contributed by atoms with E-state index in [1.165, 1.54) is 128 Å². The fourth-order valence-corrected chi connectivity index (χ4v) is 6.28. The van der Waals surface area contributed by atoms with Gasteiger partial charge < -0.3 is 8.85 Å². The van der Waals surface area contributed by atoms with Crippen molar-refractivity contribution in [2.45, 2.75) is 155 Å². The minimum absolute atomic E-state index is 0.893. The first-order chi connectivity index (χ1) is 14.2. The second kappa shape index (κ2) is 22.8. The fourth-order valence-electron chi connectivity index (χ4n) is 3.87. The Hall–Kier alpha value is 0.137. The summed E-state index contributed by atoms with van der Waals surface area (Å²) in [5.41, 5.74) is 0. The summed E-state index contributed by atoms with van der Waals surface area (Å²) in [4.78, 5) is 0. The summed E-state index contributed by atoms with van der Waals surface area (Å²) < 4.78 is 12.5. The normalized spacial score (nSPS) is 12.0. The molecule has 0 aromatic heterocycles. The molecule has 0 spiro atoms. The maximum atomic E-state index is 6.25. The average Bonchev–Trinajstić information content (AvgIpc) is 2.71. The Morgan fingerprint density at radius 3 is 1.07 bits per heavy atom. The third kappa shape index (κ3) is 21.2. The van der Waals surface area contributed by atoms with Gasteiger partial charge in [0, 0.05) is 13.2 Å². The van der Waals surface area contributed by atoms with Gasteiger partial charge in [0.05, 0.1) is 0 Å². The second-order valence-corrected chi connectivity index (χ2v) is 12.6. The monoisotopic (exact) mass is 428 g/mol. The van der Waals surface area contributed by atoms with Crippen molar-refractivity contribution in [3.05, 3.63) is 0 Å². The molecule has 0 saturated heterocycles. The summed E-state index contributed by atoms with van der Waals surface area (Å²) in [5, 5.41) is 0. The fraction of sp³-hybridized carbons (Fsp3) is 1.00. The lowest BCUT2D eigenvalue weighted by atomic mass is 10.0. The van der Waals surface area contributed by atoms with E-state index in [2.05, 4.69) is 27.3 Å². The summed E-state index contributed by atoms with van der Waals surface area (Å²) in [7, 11) is -1.93. The van der Waals surface area contributed by atoms with Gasteiger partial charge in [-0.3, -0.25) is 0 Å². The molecule has 0 radical (unpaired) electrons. The molecule has 0 unspecified atom stereocenters. The van der Waals surface area contributed by atoms with Crippen LogP contribution in [-0.4, -0.2) is 21.8 Å². The Morgan fingerprint density at radius 2 is 0.724 bits per heavy atom. The molecule has 2 nitrogen and oxygen atoms in total. The Labute approximate surface area is 186 Å². The van der Waals surface area contributed by atoms with Crippen molar-refractivity contribution >= 4 is 8.56 Å². The molecule has 0 rings (SSSR count). The highest BCUT2D eigenvalue weighted by atomic mass is 28.4. The highest BCUT2D eigenvalue weighted by Gasteiger charge is 2.30. The standard InChI is InChI=1S/C26H56O2Si/c1-5-8-11-12-13-14-15-16-17-18-19-20-21-22-23-26-29(4,27-24-9-6-2)28-25-10-7-3/h5-26H2,1-4H3. The van der Waals surface area contributed by atoms with Crippen LogP contribution in [0.5, 0.6) is 0 Å². The van der Waals surface area contributed by atoms with Crippen LogP contribution in [0.1, 0.15) is 143 Å². The van der Waals surface area contributed by atoms with E-state index in [0.717, 1.165) is 13.2 Å². The van der Waals surface area contributed by atoms with Gasteiger partial charge in [-0.1, -0.05) is 130 Å². The molecule has 0 fully saturated rings. The molecule has 0 bridgehead atoms. The molecule has 176 valence electrons. The molecule has 0 saturated carbocycles. The second-order valence-electron chi connectivity index (χ2n) is 9.24. The third-order valence-electron chi connectivity index (χ3n) is 6.05. The van der Waals surface area contributed by atoms with E-state index in [1.807, 2.05) is 0 Å². The largest absolute Gasteiger partial charge is 0.394 e. The average molecular weight is 429 g/mol. The van der Waals surface area contributed by atoms with Crippen LogP contribution in [0.3, 0.4) is 0 Å². The zero-order chi connectivity index (χ0) is 21.5. The minimum atomic E-state index is -1.93. The number of hydrogen-bond acceptors (Lipinski definition) is 2. The van der Waals surface area contributed by atoms with Gasteiger partial charge in [-0.05, 0) is 25.4 Å². The zero-order valence-electron chi connectivity index (χ0n) is 20.9. The van der Waals surface area contributed by atoms with Crippen LogP contribution in [0.2, 0.25) is 12.6 Å². The van der Waals surface area contributed by atoms with Crippen molar-refractivity contribution in [2.24, 2.45) is 0 Å². The molecule has 0 atom stereocenters. The molecular formula is C26H56O2Si. The quantitative estimate of drug-likeness (QED) is 0.112. The van der Waals surface area contributed by atoms with Crippen LogP contribution in [0.4, 0.5) is 0 Å². The highest BCUT2D eigenvalue weighted by Crippen LogP contribution is 2.20. The maximum absolute atomic E-state index is 6.25. The predicted molar refractivity (Wildman–Crippen MR) is 133 cm³/mol. The van der Waals surface area contributed by atoms with Gasteiger partial charge in [-0.2, -0.15) is 0 Å². The molecule has 0 heterocycles. The first kappa shape index (κ1) is 29.1. The molecule has 0 aromatic rings. The molecule has 0 N–H and O–H groups in total. The lowest BCUT2D eigenvalue weighted by Gasteiger charge is -2.27. The van der Waals surface area contributed by atoms with Crippen LogP contribution in [-0.2, 0) is 8.85 Å². The van der Waals surface area contributed by atoms with Crippen molar-refractivity contribution in [2.75, 3.05) is 13.2 Å². The van der Waals surface area contributed by atoms with E-state index in [9.17, 15) is 0 Å².